The molecule has 0 saturated carbocycles. The molecule has 0 fully saturated rings. The number of hydrogen-bond donors (Lipinski definition) is 1. The predicted molar refractivity (Wildman–Crippen MR) is 78.4 cm³/mol. The molecule has 0 radical (unpaired) electrons. The second-order valence-electron chi connectivity index (χ2n) is 4.38. The smallest absolute Gasteiger partial charge is 0.124 e. The van der Waals surface area contributed by atoms with Gasteiger partial charge in [0.2, 0.25) is 0 Å². The van der Waals surface area contributed by atoms with Crippen molar-refractivity contribution in [2.45, 2.75) is 31.3 Å². The first-order chi connectivity index (χ1) is 9.04. The zero-order valence-electron chi connectivity index (χ0n) is 10.9. The van der Waals surface area contributed by atoms with E-state index in [1.807, 2.05) is 19.9 Å². The Labute approximate surface area is 120 Å². The fraction of sp³-hybridized carbons (Fsp3) is 0.357. The molecular formula is C14H16FNOS2. The van der Waals surface area contributed by atoms with Crippen LogP contribution < -0.4 is 0 Å². The van der Waals surface area contributed by atoms with Crippen LogP contribution >= 0.6 is 23.1 Å². The molecule has 1 aromatic heterocycles. The number of halogens is 1. The first-order valence-corrected chi connectivity index (χ1v) is 7.84. The number of aliphatic hydroxyl groups excluding tert-OH is 1. The molecule has 0 aliphatic carbocycles. The van der Waals surface area contributed by atoms with E-state index in [-0.39, 0.29) is 5.82 Å². The van der Waals surface area contributed by atoms with Crippen LogP contribution in [0.2, 0.25) is 0 Å². The summed E-state index contributed by atoms with van der Waals surface area (Å²) in [6.45, 7) is 4.01. The Hall–Kier alpha value is -0.910. The topological polar surface area (TPSA) is 33.1 Å². The van der Waals surface area contributed by atoms with E-state index in [9.17, 15) is 9.50 Å². The zero-order chi connectivity index (χ0) is 13.8. The van der Waals surface area contributed by atoms with Crippen molar-refractivity contribution >= 4 is 23.1 Å². The molecule has 0 bridgehead atoms. The number of hydrogen-bond acceptors (Lipinski definition) is 4. The van der Waals surface area contributed by atoms with Crippen molar-refractivity contribution in [3.8, 4) is 0 Å². The number of aromatic nitrogens is 1. The molecule has 5 heteroatoms. The zero-order valence-corrected chi connectivity index (χ0v) is 12.5. The molecule has 0 spiro atoms. The van der Waals surface area contributed by atoms with Crippen LogP contribution in [0.3, 0.4) is 0 Å². The van der Waals surface area contributed by atoms with Crippen LogP contribution in [0.5, 0.6) is 0 Å². The Morgan fingerprint density at radius 1 is 1.42 bits per heavy atom. The Balaban J connectivity index is 1.86. The lowest BCUT2D eigenvalue weighted by atomic mass is 10.3. The quantitative estimate of drug-likeness (QED) is 0.856. The number of nitrogens with zero attached hydrogens (tertiary/aromatic N) is 1. The van der Waals surface area contributed by atoms with Crippen LogP contribution in [0.25, 0.3) is 0 Å². The minimum atomic E-state index is -0.460. The minimum absolute atomic E-state index is 0.245. The van der Waals surface area contributed by atoms with E-state index in [1.165, 1.54) is 28.8 Å². The van der Waals surface area contributed by atoms with Gasteiger partial charge in [0.15, 0.2) is 0 Å². The standard InChI is InChI=1S/C14H16FNOS2/c1-9-10(2)19-14(16-9)7-12(17)8-18-13-5-3-4-11(15)6-13/h3-6,12,17H,7-8H2,1-2H3. The summed E-state index contributed by atoms with van der Waals surface area (Å²) in [4.78, 5) is 6.44. The van der Waals surface area contributed by atoms with Gasteiger partial charge in [0, 0.05) is 21.9 Å². The van der Waals surface area contributed by atoms with Crippen molar-refractivity contribution in [3.05, 3.63) is 45.7 Å². The molecule has 1 heterocycles. The van der Waals surface area contributed by atoms with E-state index in [0.29, 0.717) is 12.2 Å². The first-order valence-electron chi connectivity index (χ1n) is 6.04. The molecule has 1 aromatic carbocycles. The maximum absolute atomic E-state index is 13.0. The molecule has 2 aromatic rings. The summed E-state index contributed by atoms with van der Waals surface area (Å²) in [5, 5.41) is 10.9. The van der Waals surface area contributed by atoms with Gasteiger partial charge >= 0.3 is 0 Å². The van der Waals surface area contributed by atoms with Crippen LogP contribution in [0.4, 0.5) is 4.39 Å². The maximum Gasteiger partial charge on any atom is 0.124 e. The third kappa shape index (κ3) is 4.30. The largest absolute Gasteiger partial charge is 0.392 e. The van der Waals surface area contributed by atoms with E-state index >= 15 is 0 Å². The lowest BCUT2D eigenvalue weighted by molar-refractivity contribution is 0.200. The maximum atomic E-state index is 13.0. The summed E-state index contributed by atoms with van der Waals surface area (Å²) in [6.07, 6.45) is 0.0972. The number of aryl methyl sites for hydroxylation is 2. The Bertz CT molecular complexity index is 537. The Morgan fingerprint density at radius 3 is 2.84 bits per heavy atom. The number of aliphatic hydroxyl groups is 1. The number of thiazole rings is 1. The number of rotatable bonds is 5. The molecular weight excluding hydrogens is 281 g/mol. The predicted octanol–water partition coefficient (Wildman–Crippen LogP) is 3.59. The Morgan fingerprint density at radius 2 is 2.21 bits per heavy atom. The Kier molecular flexibility index (Phi) is 4.96. The van der Waals surface area contributed by atoms with Gasteiger partial charge in [0.1, 0.15) is 5.82 Å². The van der Waals surface area contributed by atoms with Gasteiger partial charge < -0.3 is 5.11 Å². The highest BCUT2D eigenvalue weighted by Gasteiger charge is 2.11. The minimum Gasteiger partial charge on any atom is -0.392 e. The van der Waals surface area contributed by atoms with E-state index in [4.69, 9.17) is 0 Å². The van der Waals surface area contributed by atoms with E-state index in [2.05, 4.69) is 4.98 Å². The van der Waals surface area contributed by atoms with Gasteiger partial charge in [-0.05, 0) is 32.0 Å². The van der Waals surface area contributed by atoms with Crippen molar-refractivity contribution < 1.29 is 9.50 Å². The van der Waals surface area contributed by atoms with Crippen LogP contribution in [0, 0.1) is 19.7 Å². The number of thioether (sulfide) groups is 1. The van der Waals surface area contributed by atoms with Crippen molar-refractivity contribution in [3.63, 3.8) is 0 Å². The van der Waals surface area contributed by atoms with Crippen LogP contribution in [-0.4, -0.2) is 21.9 Å². The third-order valence-electron chi connectivity index (χ3n) is 2.72. The molecule has 1 unspecified atom stereocenters. The average Bonchev–Trinajstić information content (AvgIpc) is 2.66. The highest BCUT2D eigenvalue weighted by atomic mass is 32.2. The van der Waals surface area contributed by atoms with Gasteiger partial charge in [-0.1, -0.05) is 6.07 Å². The van der Waals surface area contributed by atoms with Gasteiger partial charge in [-0.15, -0.1) is 23.1 Å². The molecule has 0 aliphatic heterocycles. The second kappa shape index (κ2) is 6.50. The third-order valence-corrected chi connectivity index (χ3v) is 4.96. The molecule has 1 N–H and O–H groups in total. The molecule has 102 valence electrons. The van der Waals surface area contributed by atoms with Crippen LogP contribution in [0.15, 0.2) is 29.2 Å². The van der Waals surface area contributed by atoms with Gasteiger partial charge in [0.25, 0.3) is 0 Å². The van der Waals surface area contributed by atoms with Crippen molar-refractivity contribution in [2.24, 2.45) is 0 Å². The SMILES string of the molecule is Cc1nc(CC(O)CSc2cccc(F)c2)sc1C. The molecule has 0 aliphatic rings. The number of benzene rings is 1. The average molecular weight is 297 g/mol. The lowest BCUT2D eigenvalue weighted by Crippen LogP contribution is -2.13. The van der Waals surface area contributed by atoms with Gasteiger partial charge in [-0.2, -0.15) is 0 Å². The summed E-state index contributed by atoms with van der Waals surface area (Å²) in [5.41, 5.74) is 1.03. The molecule has 0 saturated heterocycles. The van der Waals surface area contributed by atoms with Gasteiger partial charge in [-0.3, -0.25) is 0 Å². The van der Waals surface area contributed by atoms with Crippen molar-refractivity contribution in [2.75, 3.05) is 5.75 Å². The summed E-state index contributed by atoms with van der Waals surface area (Å²) in [5.74, 6) is 0.298. The summed E-state index contributed by atoms with van der Waals surface area (Å²) in [6, 6.07) is 6.42. The molecule has 0 amide bonds. The van der Waals surface area contributed by atoms with Crippen LogP contribution in [-0.2, 0) is 6.42 Å². The van der Waals surface area contributed by atoms with Crippen molar-refractivity contribution in [1.82, 2.24) is 4.98 Å². The molecule has 1 atom stereocenters. The lowest BCUT2D eigenvalue weighted by Gasteiger charge is -2.08. The highest BCUT2D eigenvalue weighted by Crippen LogP contribution is 2.22. The summed E-state index contributed by atoms with van der Waals surface area (Å²) in [7, 11) is 0. The first kappa shape index (κ1) is 14.5. The van der Waals surface area contributed by atoms with E-state index in [1.54, 1.807) is 17.4 Å². The fourth-order valence-electron chi connectivity index (χ4n) is 1.64. The molecule has 2 rings (SSSR count). The van der Waals surface area contributed by atoms with Crippen LogP contribution in [0.1, 0.15) is 15.6 Å². The summed E-state index contributed by atoms with van der Waals surface area (Å²) < 4.78 is 13.0. The van der Waals surface area contributed by atoms with E-state index < -0.39 is 6.10 Å². The van der Waals surface area contributed by atoms with E-state index in [0.717, 1.165) is 15.6 Å². The molecule has 19 heavy (non-hydrogen) atoms. The van der Waals surface area contributed by atoms with Gasteiger partial charge in [0.05, 0.1) is 16.8 Å². The van der Waals surface area contributed by atoms with Crippen molar-refractivity contribution in [1.29, 1.82) is 0 Å². The second-order valence-corrected chi connectivity index (χ2v) is 6.76. The van der Waals surface area contributed by atoms with Gasteiger partial charge in [-0.25, -0.2) is 9.37 Å². The molecule has 2 nitrogen and oxygen atoms in total. The summed E-state index contributed by atoms with van der Waals surface area (Å²) >= 11 is 3.09. The highest BCUT2D eigenvalue weighted by molar-refractivity contribution is 7.99. The normalized spacial score (nSPS) is 12.6. The fourth-order valence-corrected chi connectivity index (χ4v) is 3.51. The monoisotopic (exact) mass is 297 g/mol.